The van der Waals surface area contributed by atoms with Gasteiger partial charge in [-0.1, -0.05) is 28.1 Å². The fourth-order valence-corrected chi connectivity index (χ4v) is 4.61. The van der Waals surface area contributed by atoms with E-state index in [-0.39, 0.29) is 6.10 Å². The highest BCUT2D eigenvalue weighted by Gasteiger charge is 2.19. The Hall–Kier alpha value is -0.800. The second-order valence-corrected chi connectivity index (χ2v) is 7.63. The molecule has 1 nitrogen and oxygen atoms in total. The summed E-state index contributed by atoms with van der Waals surface area (Å²) in [7, 11) is 0. The molecule has 1 unspecified atom stereocenters. The second kappa shape index (κ2) is 5.90. The van der Waals surface area contributed by atoms with Gasteiger partial charge in [-0.3, -0.25) is 0 Å². The third-order valence-corrected chi connectivity index (χ3v) is 6.19. The molecule has 106 valence electrons. The Morgan fingerprint density at radius 2 is 1.90 bits per heavy atom. The van der Waals surface area contributed by atoms with Crippen LogP contribution in [-0.4, -0.2) is 6.10 Å². The summed E-state index contributed by atoms with van der Waals surface area (Å²) in [6, 6.07) is 10.8. The predicted molar refractivity (Wildman–Crippen MR) is 89.3 cm³/mol. The highest BCUT2D eigenvalue weighted by molar-refractivity contribution is 9.09. The normalized spacial score (nSPS) is 15.4. The van der Waals surface area contributed by atoms with E-state index < -0.39 is 0 Å². The molecular weight excluding hydrogens is 332 g/mol. The Kier molecular flexibility index (Phi) is 4.18. The zero-order valence-corrected chi connectivity index (χ0v) is 14.3. The third-order valence-electron chi connectivity index (χ3n) is 3.56. The maximum Gasteiger partial charge on any atom is 0.119 e. The van der Waals surface area contributed by atoms with Gasteiger partial charge in [-0.25, -0.2) is 0 Å². The molecule has 1 heterocycles. The van der Waals surface area contributed by atoms with E-state index in [0.29, 0.717) is 4.83 Å². The van der Waals surface area contributed by atoms with Crippen molar-refractivity contribution in [3.8, 4) is 5.75 Å². The number of ether oxygens (including phenoxy) is 1. The van der Waals surface area contributed by atoms with Crippen LogP contribution in [0.3, 0.4) is 0 Å². The van der Waals surface area contributed by atoms with Crippen LogP contribution in [0.15, 0.2) is 30.3 Å². The number of alkyl halides is 1. The number of hydrogen-bond acceptors (Lipinski definition) is 2. The molecule has 1 aliphatic rings. The molecule has 3 heteroatoms. The van der Waals surface area contributed by atoms with E-state index >= 15 is 0 Å². The van der Waals surface area contributed by atoms with Crippen molar-refractivity contribution in [2.24, 2.45) is 0 Å². The van der Waals surface area contributed by atoms with Crippen LogP contribution >= 0.6 is 27.3 Å². The van der Waals surface area contributed by atoms with Crippen molar-refractivity contribution >= 4 is 27.3 Å². The number of rotatable bonds is 4. The van der Waals surface area contributed by atoms with Crippen LogP contribution < -0.4 is 4.74 Å². The zero-order valence-electron chi connectivity index (χ0n) is 11.9. The number of hydrogen-bond donors (Lipinski definition) is 0. The lowest BCUT2D eigenvalue weighted by molar-refractivity contribution is 0.242. The van der Waals surface area contributed by atoms with Gasteiger partial charge in [0.1, 0.15) is 5.75 Å². The van der Waals surface area contributed by atoms with Gasteiger partial charge in [0, 0.05) is 9.75 Å². The first-order valence-corrected chi connectivity index (χ1v) is 8.89. The van der Waals surface area contributed by atoms with Crippen LogP contribution in [0, 0.1) is 0 Å². The van der Waals surface area contributed by atoms with Crippen LogP contribution in [0.25, 0.3) is 0 Å². The number of thiophene rings is 1. The van der Waals surface area contributed by atoms with Gasteiger partial charge < -0.3 is 4.74 Å². The van der Waals surface area contributed by atoms with E-state index in [4.69, 9.17) is 4.74 Å². The predicted octanol–water partition coefficient (Wildman–Crippen LogP) is 5.51. The van der Waals surface area contributed by atoms with Gasteiger partial charge >= 0.3 is 0 Å². The monoisotopic (exact) mass is 350 g/mol. The summed E-state index contributed by atoms with van der Waals surface area (Å²) >= 11 is 5.80. The molecule has 1 aliphatic carbocycles. The fraction of sp³-hybridized carbons (Fsp3) is 0.412. The molecule has 0 aliphatic heterocycles. The molecule has 3 rings (SSSR count). The van der Waals surface area contributed by atoms with Gasteiger partial charge in [-0.15, -0.1) is 11.3 Å². The van der Waals surface area contributed by atoms with E-state index in [9.17, 15) is 0 Å². The molecule has 0 spiro atoms. The van der Waals surface area contributed by atoms with Crippen molar-refractivity contribution in [2.75, 3.05) is 0 Å². The maximum atomic E-state index is 5.69. The van der Waals surface area contributed by atoms with Crippen LogP contribution in [0.5, 0.6) is 5.75 Å². The number of halogens is 1. The quantitative estimate of drug-likeness (QED) is 0.660. The van der Waals surface area contributed by atoms with Crippen molar-refractivity contribution in [3.63, 3.8) is 0 Å². The molecular formula is C17H19BrOS. The van der Waals surface area contributed by atoms with Gasteiger partial charge in [0.25, 0.3) is 0 Å². The van der Waals surface area contributed by atoms with Gasteiger partial charge in [-0.2, -0.15) is 0 Å². The largest absolute Gasteiger partial charge is 0.491 e. The fourth-order valence-electron chi connectivity index (χ4n) is 2.63. The first kappa shape index (κ1) is 14.2. The molecule has 0 amide bonds. The smallest absolute Gasteiger partial charge is 0.119 e. The standard InChI is InChI=1S/C17H19BrOS/c1-11(2)19-14-8-6-12(7-9-14)17(18)16-10-13-4-3-5-15(13)20-16/h6-11,17H,3-5H2,1-2H3. The lowest BCUT2D eigenvalue weighted by atomic mass is 10.1. The molecule has 0 fully saturated rings. The Bertz CT molecular complexity index is 564. The van der Waals surface area contributed by atoms with Crippen LogP contribution in [0.1, 0.15) is 46.0 Å². The van der Waals surface area contributed by atoms with Crippen LogP contribution in [0.2, 0.25) is 0 Å². The van der Waals surface area contributed by atoms with Gasteiger partial charge in [0.05, 0.1) is 10.9 Å². The van der Waals surface area contributed by atoms with Gasteiger partial charge in [-0.05, 0) is 62.4 Å². The molecule has 0 saturated heterocycles. The van der Waals surface area contributed by atoms with Crippen molar-refractivity contribution < 1.29 is 4.74 Å². The molecule has 0 radical (unpaired) electrons. The van der Waals surface area contributed by atoms with E-state index in [1.165, 1.54) is 29.7 Å². The average molecular weight is 351 g/mol. The van der Waals surface area contributed by atoms with Crippen molar-refractivity contribution in [1.82, 2.24) is 0 Å². The summed E-state index contributed by atoms with van der Waals surface area (Å²) in [5.41, 5.74) is 2.86. The summed E-state index contributed by atoms with van der Waals surface area (Å²) in [6.45, 7) is 4.10. The number of aryl methyl sites for hydroxylation is 2. The number of fused-ring (bicyclic) bond motifs is 1. The van der Waals surface area contributed by atoms with Crippen LogP contribution in [0.4, 0.5) is 0 Å². The molecule has 20 heavy (non-hydrogen) atoms. The molecule has 0 N–H and O–H groups in total. The SMILES string of the molecule is CC(C)Oc1ccc(C(Br)c2cc3c(s2)CCC3)cc1. The molecule has 0 saturated carbocycles. The van der Waals surface area contributed by atoms with E-state index in [1.54, 1.807) is 10.4 Å². The lowest BCUT2D eigenvalue weighted by Crippen LogP contribution is -2.05. The first-order valence-electron chi connectivity index (χ1n) is 7.15. The van der Waals surface area contributed by atoms with E-state index in [1.807, 2.05) is 25.2 Å². The first-order chi connectivity index (χ1) is 9.63. The maximum absolute atomic E-state index is 5.69. The average Bonchev–Trinajstić information content (AvgIpc) is 2.98. The Morgan fingerprint density at radius 3 is 2.55 bits per heavy atom. The van der Waals surface area contributed by atoms with Crippen molar-refractivity contribution in [1.29, 1.82) is 0 Å². The van der Waals surface area contributed by atoms with E-state index in [0.717, 1.165) is 5.75 Å². The summed E-state index contributed by atoms with van der Waals surface area (Å²) in [5, 5.41) is 0. The highest BCUT2D eigenvalue weighted by atomic mass is 79.9. The Balaban J connectivity index is 1.77. The number of benzene rings is 1. The zero-order chi connectivity index (χ0) is 14.1. The minimum atomic E-state index is 0.223. The van der Waals surface area contributed by atoms with Crippen LogP contribution in [-0.2, 0) is 12.8 Å². The molecule has 2 aromatic rings. The van der Waals surface area contributed by atoms with Gasteiger partial charge in [0.15, 0.2) is 0 Å². The van der Waals surface area contributed by atoms with Crippen molar-refractivity contribution in [2.45, 2.75) is 44.0 Å². The minimum Gasteiger partial charge on any atom is -0.491 e. The molecule has 0 bridgehead atoms. The summed E-state index contributed by atoms with van der Waals surface area (Å²) in [4.78, 5) is 3.31. The molecule has 1 aromatic carbocycles. The molecule has 1 aromatic heterocycles. The minimum absolute atomic E-state index is 0.223. The third kappa shape index (κ3) is 2.94. The lowest BCUT2D eigenvalue weighted by Gasteiger charge is -2.12. The van der Waals surface area contributed by atoms with Gasteiger partial charge in [0.2, 0.25) is 0 Å². The summed E-state index contributed by atoms with van der Waals surface area (Å²) < 4.78 is 5.69. The molecule has 1 atom stereocenters. The topological polar surface area (TPSA) is 9.23 Å². The van der Waals surface area contributed by atoms with E-state index in [2.05, 4.69) is 46.3 Å². The Morgan fingerprint density at radius 1 is 1.15 bits per heavy atom. The summed E-state index contributed by atoms with van der Waals surface area (Å²) in [6.07, 6.45) is 4.07. The summed E-state index contributed by atoms with van der Waals surface area (Å²) in [5.74, 6) is 0.942. The second-order valence-electron chi connectivity index (χ2n) is 5.55. The van der Waals surface area contributed by atoms with Crippen molar-refractivity contribution in [3.05, 3.63) is 51.2 Å². The Labute approximate surface area is 133 Å². The highest BCUT2D eigenvalue weighted by Crippen LogP contribution is 2.40.